The number of hydrogen-bond donors (Lipinski definition) is 3. The van der Waals surface area contributed by atoms with Gasteiger partial charge in [0.05, 0.1) is 32.0 Å². The monoisotopic (exact) mass is 722 g/mol. The van der Waals surface area contributed by atoms with Gasteiger partial charge in [-0.15, -0.1) is 12.4 Å². The number of hydrogen-bond acceptors (Lipinski definition) is 7. The number of ether oxygens (including phenoxy) is 2. The lowest BCUT2D eigenvalue weighted by atomic mass is 10.0. The van der Waals surface area contributed by atoms with Gasteiger partial charge in [-0.05, 0) is 50.4 Å². The quantitative estimate of drug-likeness (QED) is 0.107. The first-order valence-electron chi connectivity index (χ1n) is 16.4. The third-order valence-electron chi connectivity index (χ3n) is 7.25. The zero-order chi connectivity index (χ0) is 36.7. The van der Waals surface area contributed by atoms with Gasteiger partial charge in [0, 0.05) is 13.1 Å². The first kappa shape index (κ1) is 44.4. The Hall–Kier alpha value is -4.58. The van der Waals surface area contributed by atoms with E-state index in [1.807, 2.05) is 24.3 Å². The summed E-state index contributed by atoms with van der Waals surface area (Å²) >= 11 is 0. The number of aliphatic carboxylic acids is 3. The molecule has 0 fully saturated rings. The molecule has 0 aromatic heterocycles. The molecular weight excluding hydrogens is 672 g/mol. The van der Waals surface area contributed by atoms with Crippen molar-refractivity contribution < 1.29 is 39.2 Å². The second-order valence-electron chi connectivity index (χ2n) is 12.0. The Morgan fingerprint density at radius 2 is 0.765 bits per heavy atom. The molecule has 0 aliphatic rings. The predicted molar refractivity (Wildman–Crippen MR) is 201 cm³/mol. The van der Waals surface area contributed by atoms with Crippen molar-refractivity contribution in [2.24, 2.45) is 5.92 Å². The summed E-state index contributed by atoms with van der Waals surface area (Å²) in [6.45, 7) is 3.30. The number of carbonyl (C=O) groups is 3. The van der Waals surface area contributed by atoms with E-state index in [-0.39, 0.29) is 24.6 Å². The van der Waals surface area contributed by atoms with Gasteiger partial charge in [-0.2, -0.15) is 0 Å². The van der Waals surface area contributed by atoms with Crippen LogP contribution in [-0.2, 0) is 23.9 Å². The summed E-state index contributed by atoms with van der Waals surface area (Å²) in [4.78, 5) is 34.6. The summed E-state index contributed by atoms with van der Waals surface area (Å²) in [5.74, 6) is -5.38. The van der Waals surface area contributed by atoms with Crippen molar-refractivity contribution in [3.05, 3.63) is 144 Å². The van der Waals surface area contributed by atoms with Crippen LogP contribution in [0.1, 0.15) is 47.3 Å². The van der Waals surface area contributed by atoms with Crippen LogP contribution in [0.5, 0.6) is 0 Å². The highest BCUT2D eigenvalue weighted by molar-refractivity contribution is 5.85. The summed E-state index contributed by atoms with van der Waals surface area (Å²) in [5, 5.41) is 24.7. The van der Waals surface area contributed by atoms with Crippen molar-refractivity contribution in [1.82, 2.24) is 9.80 Å². The van der Waals surface area contributed by atoms with Crippen molar-refractivity contribution >= 4 is 30.3 Å². The molecule has 0 amide bonds. The molecule has 0 heterocycles. The van der Waals surface area contributed by atoms with Gasteiger partial charge in [0.15, 0.2) is 0 Å². The van der Waals surface area contributed by atoms with E-state index in [4.69, 9.17) is 24.8 Å². The number of likely N-dealkylation sites (N-methyl/N-ethyl adjacent to an activating group) is 2. The standard InChI is InChI=1S/2C17H21NO.C6H8O6.ClH/c2*1-18(2)13-14-19-17(15-9-5-3-6-10-15)16-11-7-4-8-12-16;7-4(8)1-3(6(11)12)2-5(9)10;/h2*3-12,17H,13-14H2,1-2H3;3H,1-2H2,(H,7,8)(H,9,10)(H,11,12);1H. The highest BCUT2D eigenvalue weighted by Gasteiger charge is 2.23. The largest absolute Gasteiger partial charge is 0.481 e. The molecule has 0 aliphatic heterocycles. The fourth-order valence-electron chi connectivity index (χ4n) is 4.66. The zero-order valence-electron chi connectivity index (χ0n) is 29.7. The topological polar surface area (TPSA) is 137 Å². The summed E-state index contributed by atoms with van der Waals surface area (Å²) < 4.78 is 12.2. The average Bonchev–Trinajstić information content (AvgIpc) is 3.10. The van der Waals surface area contributed by atoms with Crippen LogP contribution in [-0.4, -0.2) is 97.5 Å². The summed E-state index contributed by atoms with van der Waals surface area (Å²) in [6.07, 6.45) is -1.30. The first-order chi connectivity index (χ1) is 24.0. The third kappa shape index (κ3) is 18.8. The number of nitrogens with zero attached hydrogens (tertiary/aromatic N) is 2. The van der Waals surface area contributed by atoms with E-state index in [0.717, 1.165) is 26.3 Å². The van der Waals surface area contributed by atoms with E-state index in [2.05, 4.69) is 135 Å². The van der Waals surface area contributed by atoms with Crippen LogP contribution >= 0.6 is 12.4 Å². The van der Waals surface area contributed by atoms with E-state index < -0.39 is 36.7 Å². The van der Waals surface area contributed by atoms with Crippen LogP contribution in [0.4, 0.5) is 0 Å². The third-order valence-corrected chi connectivity index (χ3v) is 7.25. The lowest BCUT2D eigenvalue weighted by molar-refractivity contribution is -0.152. The maximum absolute atomic E-state index is 10.2. The van der Waals surface area contributed by atoms with E-state index in [0.29, 0.717) is 0 Å². The van der Waals surface area contributed by atoms with Crippen LogP contribution in [0.15, 0.2) is 121 Å². The number of rotatable bonds is 17. The Morgan fingerprint density at radius 1 is 0.510 bits per heavy atom. The maximum Gasteiger partial charge on any atom is 0.307 e. The first-order valence-corrected chi connectivity index (χ1v) is 16.4. The fourth-order valence-corrected chi connectivity index (χ4v) is 4.66. The van der Waals surface area contributed by atoms with Gasteiger partial charge in [-0.3, -0.25) is 14.4 Å². The van der Waals surface area contributed by atoms with E-state index in [1.165, 1.54) is 22.3 Å². The van der Waals surface area contributed by atoms with Crippen molar-refractivity contribution in [3.8, 4) is 0 Å². The minimum absolute atomic E-state index is 0. The van der Waals surface area contributed by atoms with Gasteiger partial charge in [0.25, 0.3) is 0 Å². The number of benzene rings is 4. The van der Waals surface area contributed by atoms with Gasteiger partial charge < -0.3 is 34.6 Å². The Bertz CT molecular complexity index is 1320. The van der Waals surface area contributed by atoms with E-state index in [9.17, 15) is 14.4 Å². The second-order valence-corrected chi connectivity index (χ2v) is 12.0. The van der Waals surface area contributed by atoms with Crippen LogP contribution in [0, 0.1) is 5.92 Å². The molecule has 276 valence electrons. The average molecular weight is 723 g/mol. The Kier molecular flexibility index (Phi) is 22.1. The predicted octanol–water partition coefficient (Wildman–Crippen LogP) is 6.77. The molecule has 4 rings (SSSR count). The lowest BCUT2D eigenvalue weighted by Crippen LogP contribution is -2.20. The normalized spacial score (nSPS) is 10.6. The second kappa shape index (κ2) is 25.4. The highest BCUT2D eigenvalue weighted by atomic mass is 35.5. The maximum atomic E-state index is 10.2. The Labute approximate surface area is 307 Å². The van der Waals surface area contributed by atoms with E-state index >= 15 is 0 Å². The lowest BCUT2D eigenvalue weighted by Gasteiger charge is -2.20. The molecular formula is C40H51ClN2O8. The molecule has 0 saturated carbocycles. The minimum atomic E-state index is -1.40. The molecule has 10 nitrogen and oxygen atoms in total. The van der Waals surface area contributed by atoms with Crippen molar-refractivity contribution in [1.29, 1.82) is 0 Å². The van der Waals surface area contributed by atoms with E-state index in [1.54, 1.807) is 0 Å². The number of halogens is 1. The van der Waals surface area contributed by atoms with Gasteiger partial charge in [-0.25, -0.2) is 0 Å². The van der Waals surface area contributed by atoms with Gasteiger partial charge in [0.1, 0.15) is 12.2 Å². The molecule has 0 saturated heterocycles. The molecule has 4 aromatic rings. The van der Waals surface area contributed by atoms with Crippen LogP contribution in [0.3, 0.4) is 0 Å². The molecule has 51 heavy (non-hydrogen) atoms. The summed E-state index contributed by atoms with van der Waals surface area (Å²) in [6, 6.07) is 41.5. The number of carboxylic acid groups (broad SMARTS) is 3. The van der Waals surface area contributed by atoms with Gasteiger partial charge in [-0.1, -0.05) is 121 Å². The SMILES string of the molecule is CN(C)CCOC(c1ccccc1)c1ccccc1.CN(C)CCOC(c1ccccc1)c1ccccc1.Cl.O=C(O)CC(CC(=O)O)C(=O)O. The molecule has 0 aliphatic carbocycles. The summed E-state index contributed by atoms with van der Waals surface area (Å²) in [5.41, 5.74) is 4.81. The molecule has 0 spiro atoms. The molecule has 11 heteroatoms. The Balaban J connectivity index is 0.000000391. The van der Waals surface area contributed by atoms with Crippen molar-refractivity contribution in [3.63, 3.8) is 0 Å². The van der Waals surface area contributed by atoms with Crippen LogP contribution < -0.4 is 0 Å². The van der Waals surface area contributed by atoms with Crippen molar-refractivity contribution in [2.75, 3.05) is 54.5 Å². The Morgan fingerprint density at radius 3 is 0.961 bits per heavy atom. The minimum Gasteiger partial charge on any atom is -0.481 e. The molecule has 4 aromatic carbocycles. The molecule has 0 bridgehead atoms. The highest BCUT2D eigenvalue weighted by Crippen LogP contribution is 2.26. The molecule has 0 atom stereocenters. The van der Waals surface area contributed by atoms with Gasteiger partial charge >= 0.3 is 17.9 Å². The van der Waals surface area contributed by atoms with Crippen LogP contribution in [0.25, 0.3) is 0 Å². The molecule has 0 radical (unpaired) electrons. The summed E-state index contributed by atoms with van der Waals surface area (Å²) in [7, 11) is 8.24. The smallest absolute Gasteiger partial charge is 0.307 e. The van der Waals surface area contributed by atoms with Gasteiger partial charge in [0.2, 0.25) is 0 Å². The number of carboxylic acids is 3. The zero-order valence-corrected chi connectivity index (χ0v) is 30.5. The fraction of sp³-hybridized carbons (Fsp3) is 0.325. The van der Waals surface area contributed by atoms with Crippen LogP contribution in [0.2, 0.25) is 0 Å². The van der Waals surface area contributed by atoms with Crippen molar-refractivity contribution in [2.45, 2.75) is 25.0 Å². The molecule has 3 N–H and O–H groups in total. The molecule has 0 unspecified atom stereocenters.